The minimum Gasteiger partial charge on any atom is -0.404 e. The molecule has 4 rings (SSSR count). The zero-order valence-electron chi connectivity index (χ0n) is 20.3. The summed E-state index contributed by atoms with van der Waals surface area (Å²) in [5.74, 6) is -0.244. The normalized spacial score (nSPS) is 15.3. The van der Waals surface area contributed by atoms with Gasteiger partial charge in [0.1, 0.15) is 0 Å². The maximum atomic E-state index is 13.2. The van der Waals surface area contributed by atoms with Gasteiger partial charge >= 0.3 is 6.36 Å². The van der Waals surface area contributed by atoms with E-state index in [1.54, 1.807) is 12.1 Å². The first kappa shape index (κ1) is 24.9. The van der Waals surface area contributed by atoms with Crippen LogP contribution in [-0.2, 0) is 0 Å². The van der Waals surface area contributed by atoms with Crippen molar-refractivity contribution in [2.45, 2.75) is 38.7 Å². The van der Waals surface area contributed by atoms with Crippen molar-refractivity contribution in [3.05, 3.63) is 90.0 Å². The van der Waals surface area contributed by atoms with Crippen LogP contribution in [0.15, 0.2) is 78.9 Å². The third kappa shape index (κ3) is 6.48. The average molecular weight is 484 g/mol. The first-order valence-electron chi connectivity index (χ1n) is 11.9. The molecule has 1 heterocycles. The molecule has 1 saturated heterocycles. The molecule has 0 aromatic heterocycles. The van der Waals surface area contributed by atoms with Crippen LogP contribution in [0.1, 0.15) is 37.9 Å². The Kier molecular flexibility index (Phi) is 7.26. The second-order valence-electron chi connectivity index (χ2n) is 9.77. The average Bonchev–Trinajstić information content (AvgIpc) is 2.83. The number of rotatable bonds is 6. The van der Waals surface area contributed by atoms with Gasteiger partial charge in [-0.25, -0.2) is 0 Å². The molecule has 4 nitrogen and oxygen atoms in total. The summed E-state index contributed by atoms with van der Waals surface area (Å²) in [6, 6.07) is 23.9. The maximum absolute atomic E-state index is 13.2. The highest BCUT2D eigenvalue weighted by Gasteiger charge is 2.33. The van der Waals surface area contributed by atoms with E-state index in [0.717, 1.165) is 43.0 Å². The number of hydrogen-bond acceptors (Lipinski definition) is 4. The van der Waals surface area contributed by atoms with Crippen LogP contribution < -0.4 is 15.0 Å². The highest BCUT2D eigenvalue weighted by Crippen LogP contribution is 2.38. The predicted octanol–water partition coefficient (Wildman–Crippen LogP) is 6.71. The van der Waals surface area contributed by atoms with Gasteiger partial charge < -0.3 is 15.0 Å². The van der Waals surface area contributed by atoms with Gasteiger partial charge in [-0.3, -0.25) is 4.90 Å². The van der Waals surface area contributed by atoms with Gasteiger partial charge in [0, 0.05) is 37.4 Å². The molecular weight excluding hydrogens is 451 g/mol. The van der Waals surface area contributed by atoms with E-state index in [-0.39, 0.29) is 17.3 Å². The number of anilines is 2. The molecular formula is C28H32F3N3O. The third-order valence-electron chi connectivity index (χ3n) is 6.35. The molecule has 0 radical (unpaired) electrons. The molecule has 0 saturated carbocycles. The summed E-state index contributed by atoms with van der Waals surface area (Å²) < 4.78 is 44.2. The van der Waals surface area contributed by atoms with Crippen molar-refractivity contribution < 1.29 is 17.9 Å². The standard InChI is InChI=1S/C28H32F3N3O/c1-27(2,3)34-18-16-33(17-19-34)23-14-15-25(35-28(29,30)31)24(20-23)32-26(21-10-6-4-7-11-21)22-12-8-5-9-13-22/h4-15,20,26,32H,16-19H2,1-3H3. The molecule has 1 N–H and O–H groups in total. The summed E-state index contributed by atoms with van der Waals surface area (Å²) in [5, 5.41) is 3.35. The number of benzene rings is 3. The SMILES string of the molecule is CC(C)(C)N1CCN(c2ccc(OC(F)(F)F)c(NC(c3ccccc3)c3ccccc3)c2)CC1. The summed E-state index contributed by atoms with van der Waals surface area (Å²) >= 11 is 0. The Morgan fingerprint density at radius 2 is 1.31 bits per heavy atom. The van der Waals surface area contributed by atoms with E-state index >= 15 is 0 Å². The summed E-state index contributed by atoms with van der Waals surface area (Å²) in [5.41, 5.74) is 3.15. The second kappa shape index (κ2) is 10.2. The molecule has 35 heavy (non-hydrogen) atoms. The van der Waals surface area contributed by atoms with Crippen LogP contribution in [0.5, 0.6) is 5.75 Å². The minimum absolute atomic E-state index is 0.0851. The quantitative estimate of drug-likeness (QED) is 0.422. The number of alkyl halides is 3. The fourth-order valence-electron chi connectivity index (χ4n) is 4.48. The van der Waals surface area contributed by atoms with Crippen molar-refractivity contribution in [1.29, 1.82) is 0 Å². The molecule has 7 heteroatoms. The zero-order valence-corrected chi connectivity index (χ0v) is 20.3. The van der Waals surface area contributed by atoms with E-state index in [4.69, 9.17) is 0 Å². The molecule has 1 aliphatic rings. The predicted molar refractivity (Wildman–Crippen MR) is 135 cm³/mol. The van der Waals surface area contributed by atoms with Crippen molar-refractivity contribution in [2.75, 3.05) is 36.4 Å². The molecule has 1 aliphatic heterocycles. The summed E-state index contributed by atoms with van der Waals surface area (Å²) in [4.78, 5) is 4.63. The van der Waals surface area contributed by atoms with Crippen LogP contribution in [0, 0.1) is 0 Å². The van der Waals surface area contributed by atoms with Crippen LogP contribution in [0.3, 0.4) is 0 Å². The molecule has 186 valence electrons. The molecule has 0 spiro atoms. The van der Waals surface area contributed by atoms with E-state index in [0.29, 0.717) is 5.69 Å². The number of nitrogens with one attached hydrogen (secondary N) is 1. The van der Waals surface area contributed by atoms with Crippen LogP contribution in [-0.4, -0.2) is 43.0 Å². The Morgan fingerprint density at radius 3 is 1.80 bits per heavy atom. The molecule has 0 atom stereocenters. The van der Waals surface area contributed by atoms with E-state index in [1.165, 1.54) is 6.07 Å². The molecule has 0 unspecified atom stereocenters. The van der Waals surface area contributed by atoms with Gasteiger partial charge in [-0.2, -0.15) is 0 Å². The first-order chi connectivity index (χ1) is 16.6. The zero-order chi connectivity index (χ0) is 25.1. The number of nitrogens with zero attached hydrogens (tertiary/aromatic N) is 2. The van der Waals surface area contributed by atoms with Crippen molar-refractivity contribution >= 4 is 11.4 Å². The molecule has 0 amide bonds. The van der Waals surface area contributed by atoms with E-state index < -0.39 is 6.36 Å². The Balaban J connectivity index is 1.67. The van der Waals surface area contributed by atoms with Crippen molar-refractivity contribution in [1.82, 2.24) is 4.90 Å². The number of ether oxygens (including phenoxy) is 1. The Morgan fingerprint density at radius 1 is 0.771 bits per heavy atom. The molecule has 0 aliphatic carbocycles. The Labute approximate surface area is 205 Å². The van der Waals surface area contributed by atoms with Crippen molar-refractivity contribution in [2.24, 2.45) is 0 Å². The first-order valence-corrected chi connectivity index (χ1v) is 11.9. The number of halogens is 3. The van der Waals surface area contributed by atoms with E-state index in [9.17, 15) is 13.2 Å². The molecule has 1 fully saturated rings. The van der Waals surface area contributed by atoms with Gasteiger partial charge in [0.15, 0.2) is 5.75 Å². The topological polar surface area (TPSA) is 27.7 Å². The molecule has 3 aromatic rings. The summed E-state index contributed by atoms with van der Waals surface area (Å²) in [6.45, 7) is 9.98. The van der Waals surface area contributed by atoms with Gasteiger partial charge in [0.25, 0.3) is 0 Å². The van der Waals surface area contributed by atoms with E-state index in [1.807, 2.05) is 60.7 Å². The van der Waals surface area contributed by atoms with Crippen molar-refractivity contribution in [3.63, 3.8) is 0 Å². The largest absolute Gasteiger partial charge is 0.573 e. The van der Waals surface area contributed by atoms with Crippen molar-refractivity contribution in [3.8, 4) is 5.75 Å². The van der Waals surface area contributed by atoms with Gasteiger partial charge in [-0.15, -0.1) is 13.2 Å². The molecule has 0 bridgehead atoms. The van der Waals surface area contributed by atoms with Gasteiger partial charge in [0.05, 0.1) is 11.7 Å². The lowest BCUT2D eigenvalue weighted by atomic mass is 9.98. The highest BCUT2D eigenvalue weighted by atomic mass is 19.4. The lowest BCUT2D eigenvalue weighted by molar-refractivity contribution is -0.274. The van der Waals surface area contributed by atoms with E-state index in [2.05, 4.69) is 40.6 Å². The third-order valence-corrected chi connectivity index (χ3v) is 6.35. The summed E-state index contributed by atoms with van der Waals surface area (Å²) in [6.07, 6.45) is -4.79. The second-order valence-corrected chi connectivity index (χ2v) is 9.77. The lowest BCUT2D eigenvalue weighted by Gasteiger charge is -2.43. The maximum Gasteiger partial charge on any atom is 0.573 e. The van der Waals surface area contributed by atoms with Crippen LogP contribution in [0.2, 0.25) is 0 Å². The Hall–Kier alpha value is -3.19. The van der Waals surface area contributed by atoms with Gasteiger partial charge in [-0.05, 0) is 50.1 Å². The minimum atomic E-state index is -4.79. The van der Waals surface area contributed by atoms with Crippen LogP contribution in [0.25, 0.3) is 0 Å². The van der Waals surface area contributed by atoms with Gasteiger partial charge in [0.2, 0.25) is 0 Å². The summed E-state index contributed by atoms with van der Waals surface area (Å²) in [7, 11) is 0. The van der Waals surface area contributed by atoms with Crippen LogP contribution >= 0.6 is 0 Å². The van der Waals surface area contributed by atoms with Gasteiger partial charge in [-0.1, -0.05) is 60.7 Å². The fourth-order valence-corrected chi connectivity index (χ4v) is 4.48. The molecule has 3 aromatic carbocycles. The highest BCUT2D eigenvalue weighted by molar-refractivity contribution is 5.67. The monoisotopic (exact) mass is 483 g/mol. The van der Waals surface area contributed by atoms with Crippen LogP contribution in [0.4, 0.5) is 24.5 Å². The lowest BCUT2D eigenvalue weighted by Crippen LogP contribution is -2.53. The fraction of sp³-hybridized carbons (Fsp3) is 0.357. The Bertz CT molecular complexity index is 1050. The number of piperazine rings is 1. The number of hydrogen-bond donors (Lipinski definition) is 1. The smallest absolute Gasteiger partial charge is 0.404 e.